The van der Waals surface area contributed by atoms with E-state index in [2.05, 4.69) is 71.5 Å². The van der Waals surface area contributed by atoms with Gasteiger partial charge < -0.3 is 77.7 Å². The van der Waals surface area contributed by atoms with E-state index in [0.29, 0.717) is 81.1 Å². The molecule has 6 aromatic carbocycles. The Kier molecular flexibility index (Phi) is 44.7. The van der Waals surface area contributed by atoms with Gasteiger partial charge in [0.25, 0.3) is 0 Å². The number of methoxy groups -OCH3 is 1. The first kappa shape index (κ1) is 114. The number of hydrogen-bond donors (Lipinski definition) is 4. The van der Waals surface area contributed by atoms with Gasteiger partial charge >= 0.3 is 47.5 Å². The molecule has 16 rings (SSSR count). The monoisotopic (exact) mass is 2050 g/mol. The predicted molar refractivity (Wildman–Crippen MR) is 534 cm³/mol. The van der Waals surface area contributed by atoms with E-state index in [9.17, 15) is 65.1 Å². The summed E-state index contributed by atoms with van der Waals surface area (Å²) >= 11 is 4.37. The molecule has 3 amide bonds. The third-order valence-corrected chi connectivity index (χ3v) is 23.5. The van der Waals surface area contributed by atoms with Crippen molar-refractivity contribution in [1.29, 1.82) is 0 Å². The van der Waals surface area contributed by atoms with Gasteiger partial charge in [-0.25, -0.2) is 45.7 Å². The van der Waals surface area contributed by atoms with Crippen LogP contribution in [0.3, 0.4) is 0 Å². The van der Waals surface area contributed by atoms with Crippen molar-refractivity contribution in [3.05, 3.63) is 295 Å². The van der Waals surface area contributed by atoms with E-state index in [1.165, 1.54) is 186 Å². The number of Topliss-reactive ketones (excluding diaryl/α,β-unsaturated/α-hetero) is 2. The van der Waals surface area contributed by atoms with Gasteiger partial charge in [0.05, 0.1) is 102 Å². The summed E-state index contributed by atoms with van der Waals surface area (Å²) in [5.41, 5.74) is 19.7. The van der Waals surface area contributed by atoms with Gasteiger partial charge in [-0.05, 0) is 194 Å². The number of aliphatic carboxylic acids is 1. The molecule has 0 atom stereocenters. The number of nitrogens with zero attached hydrogens (tertiary/aromatic N) is 9. The average molecular weight is 2050 g/mol. The maximum Gasteiger partial charge on any atom is 1.00 e. The minimum Gasteiger partial charge on any atom is -0.793 e. The van der Waals surface area contributed by atoms with Crippen LogP contribution in [0.4, 0.5) is 49.1 Å². The van der Waals surface area contributed by atoms with E-state index in [1.54, 1.807) is 74.5 Å². The van der Waals surface area contributed by atoms with Gasteiger partial charge in [-0.2, -0.15) is 0 Å². The Morgan fingerprint density at radius 1 is 0.455 bits per heavy atom. The topological polar surface area (TPSA) is 408 Å². The van der Waals surface area contributed by atoms with Gasteiger partial charge in [0.15, 0.2) is 41.0 Å². The number of nitrogen functional groups attached to an aromatic ring is 1. The number of carboxylic acids is 1. The average Bonchev–Trinajstić information content (AvgIpc) is 1.65. The van der Waals surface area contributed by atoms with Gasteiger partial charge in [-0.1, -0.05) is 38.1 Å². The van der Waals surface area contributed by atoms with Crippen LogP contribution < -0.4 is 80.0 Å². The van der Waals surface area contributed by atoms with Crippen LogP contribution in [0.5, 0.6) is 40.2 Å². The Morgan fingerprint density at radius 3 is 1.14 bits per heavy atom. The molecule has 10 heterocycles. The number of ether oxygens (including phenoxy) is 6. The van der Waals surface area contributed by atoms with Gasteiger partial charge in [0.2, 0.25) is 23.7 Å². The second-order valence-corrected chi connectivity index (χ2v) is 34.1. The van der Waals surface area contributed by atoms with E-state index in [0.717, 1.165) is 109 Å². The summed E-state index contributed by atoms with van der Waals surface area (Å²) < 4.78 is 123. The molecule has 0 spiro atoms. The normalized spacial score (nSPS) is 11.1. The SMILES string of the molecule is CC(=O)OOC(C)=O.CCCN.CCCNCc1ccc(-c2cc3nccc(Oc4ccc(CC(=O)CC(=O)N(C)c5ccc(F)cc5)cc4F)c3s2)nc1.CN(C(=O)CC(=O)O)c1ccc(F)cc1.COc1ccc(-c2cc3nccc(Oc4ccc(CC(=O)CC(=O)N(C)c5ccc(F)cc5)cc4F)c3s2)nc1.Nc1ccc(Oc2ccnc3cc(-c4ccc(C5OCCO5)cn4)sc23)c(F)c1.[B-]OC(C)=O.[Na+]. The number of nitrogens with one attached hydrogen (secondary N) is 1. The number of pyridine rings is 6. The molecule has 42 heteroatoms. The molecule has 0 aliphatic carbocycles. The summed E-state index contributed by atoms with van der Waals surface area (Å²) in [5.74, 6) is -5.95. The molecule has 1 fully saturated rings. The van der Waals surface area contributed by atoms with Crippen molar-refractivity contribution >= 4 is 149 Å². The molecule has 1 saturated heterocycles. The molecule has 1 aliphatic heterocycles. The summed E-state index contributed by atoms with van der Waals surface area (Å²) in [4.78, 5) is 142. The summed E-state index contributed by atoms with van der Waals surface area (Å²) in [5, 5.41) is 11.8. The smallest absolute Gasteiger partial charge is 0.793 e. The fourth-order valence-electron chi connectivity index (χ4n) is 12.7. The number of ketones is 2. The fourth-order valence-corrected chi connectivity index (χ4v) is 15.8. The van der Waals surface area contributed by atoms with E-state index in [1.807, 2.05) is 60.8 Å². The van der Waals surface area contributed by atoms with Crippen molar-refractivity contribution in [3.8, 4) is 72.0 Å². The van der Waals surface area contributed by atoms with Gasteiger partial charge in [0.1, 0.15) is 58.4 Å². The Bertz CT molecular complexity index is 6910. The van der Waals surface area contributed by atoms with Crippen LogP contribution in [0.2, 0.25) is 0 Å². The Labute approximate surface area is 864 Å². The van der Waals surface area contributed by atoms with Crippen LogP contribution >= 0.6 is 34.0 Å². The second-order valence-electron chi connectivity index (χ2n) is 31.0. The maximum atomic E-state index is 15.1. The third kappa shape index (κ3) is 35.1. The number of anilines is 4. The molecule has 9 aromatic heterocycles. The van der Waals surface area contributed by atoms with Crippen molar-refractivity contribution in [2.24, 2.45) is 5.73 Å². The number of thiophene rings is 3. The minimum absolute atomic E-state index is 0. The van der Waals surface area contributed by atoms with Gasteiger partial charge in [-0.3, -0.25) is 63.5 Å². The molecule has 0 bridgehead atoms. The second kappa shape index (κ2) is 56.9. The molecule has 747 valence electrons. The van der Waals surface area contributed by atoms with E-state index < -0.39 is 82.9 Å². The number of carbonyl (C=O) groups excluding carboxylic acids is 8. The van der Waals surface area contributed by atoms with Crippen molar-refractivity contribution in [2.75, 3.05) is 75.0 Å². The maximum absolute atomic E-state index is 15.1. The van der Waals surface area contributed by atoms with Crippen molar-refractivity contribution in [3.63, 3.8) is 0 Å². The summed E-state index contributed by atoms with van der Waals surface area (Å²) in [6.45, 7) is 11.4. The van der Waals surface area contributed by atoms with Crippen LogP contribution in [0.1, 0.15) is 95.3 Å². The van der Waals surface area contributed by atoms with Crippen LogP contribution in [-0.2, 0) is 86.4 Å². The Hall–Kier alpha value is -14.8. The van der Waals surface area contributed by atoms with Gasteiger partial charge in [0, 0.05) is 145 Å². The number of hydrogen-bond acceptors (Lipinski definition) is 30. The molecule has 6 N–H and O–H groups in total. The van der Waals surface area contributed by atoms with Crippen LogP contribution in [-0.4, -0.2) is 151 Å². The standard InChI is InChI=1S/C33H30F2N4O3S.C30H23F2N3O4S.C21H16FN3O3S.C10H10FNO3.C4H6O4.C3H9N.C2H3BO2.Na/c1-3-13-36-19-22-4-10-27(38-20-22)31-18-28-33(43-31)30(12-14-37-28)42-29-11-5-21(16-26(29)35)15-25(40)17-32(41)39(2)24-8-6-23(34)7-9-24;1-35(20-6-4-19(31)5-7-20)29(37)15-21(36)13-18-3-10-26(23(32)14-18)39-27-11-12-33-25-16-28(40-30(25)27)24-9-8-22(38-2)17-34-24;22-14-9-13(23)2-4-17(14)28-18-5-6-24-16-10-19(29-20(16)18)15-3-1-12(11-25-15)21-26-7-8-27-21;1-12(9(13)6-10(14)15)8-4-2-7(11)3-5-8;1-3(5)7-8-4(2)6;1-2-3-4;1-2(4)5-3;/h4-12,14,16,18,20,36H,3,13,15,17,19H2,1-2H3;3-12,14,16-17H,13,15H2,1-2H3;1-6,9-11,21H,7-8,23H2;2-5H,6H2,1H3,(H,14,15);1-2H3;2-4H2,1H3;1H3;/q;;;;;;-1;+1. The molecule has 0 saturated carbocycles. The summed E-state index contributed by atoms with van der Waals surface area (Å²) in [6, 6.07) is 51.3. The van der Waals surface area contributed by atoms with E-state index in [-0.39, 0.29) is 90.3 Å². The van der Waals surface area contributed by atoms with Crippen molar-refractivity contribution in [2.45, 2.75) is 92.4 Å². The predicted octanol–water partition coefficient (Wildman–Crippen LogP) is 16.9. The number of rotatable bonds is 29. The Balaban J connectivity index is 0.000000211. The third-order valence-electron chi connectivity index (χ3n) is 20.0. The number of carboxylic acid groups (broad SMARTS) is 1. The number of nitrogens with two attached hydrogens (primary N) is 2. The molecule has 0 unspecified atom stereocenters. The molecule has 1 aliphatic rings. The quantitative estimate of drug-likeness (QED) is 0.00643. The molecule has 15 aromatic rings. The van der Waals surface area contributed by atoms with Crippen LogP contribution in [0.25, 0.3) is 62.4 Å². The number of aromatic nitrogens is 6. The molecule has 3 radical (unpaired) electrons. The van der Waals surface area contributed by atoms with Crippen molar-refractivity contribution < 1.29 is 147 Å². The first-order valence-corrected chi connectivity index (χ1v) is 46.5. The first-order chi connectivity index (χ1) is 69.1. The van der Waals surface area contributed by atoms with Crippen molar-refractivity contribution in [1.82, 2.24) is 35.2 Å². The zero-order chi connectivity index (χ0) is 104. The molecule has 31 nitrogen and oxygen atoms in total. The van der Waals surface area contributed by atoms with Gasteiger partial charge in [-0.15, -0.1) is 34.0 Å². The molecular formula is C103H97BF6N12NaO19S3. The number of amides is 3. The van der Waals surface area contributed by atoms with Crippen LogP contribution in [0.15, 0.2) is 237 Å². The number of carbonyl (C=O) groups is 9. The summed E-state index contributed by atoms with van der Waals surface area (Å²) in [6.07, 6.45) is 10.3. The largest absolute Gasteiger partial charge is 1.00 e. The summed E-state index contributed by atoms with van der Waals surface area (Å²) in [7, 11) is 10.4. The van der Waals surface area contributed by atoms with Crippen LogP contribution in [0, 0.1) is 34.9 Å². The first-order valence-electron chi connectivity index (χ1n) is 44.0. The number of benzene rings is 6. The molecule has 145 heavy (non-hydrogen) atoms. The number of fused-ring (bicyclic) bond motifs is 3. The zero-order valence-electron chi connectivity index (χ0n) is 80.1. The zero-order valence-corrected chi connectivity index (χ0v) is 84.6. The van der Waals surface area contributed by atoms with E-state index >= 15 is 4.39 Å². The minimum atomic E-state index is -1.19. The Morgan fingerprint density at radius 2 is 0.821 bits per heavy atom. The molecular weight excluding hydrogens is 1950 g/mol. The van der Waals surface area contributed by atoms with E-state index in [4.69, 9.17) is 45.0 Å². The number of halogens is 6. The fraction of sp³-hybridized carbons (Fsp3) is 0.214.